The number of amides is 2. The molecule has 5 rings (SSSR count). The Bertz CT molecular complexity index is 1360. The molecule has 1 aliphatic carbocycles. The van der Waals surface area contributed by atoms with Gasteiger partial charge in [-0.3, -0.25) is 19.3 Å². The Morgan fingerprint density at radius 2 is 1.62 bits per heavy atom. The Morgan fingerprint density at radius 3 is 2.33 bits per heavy atom. The van der Waals surface area contributed by atoms with Gasteiger partial charge in [-0.15, -0.1) is 0 Å². The highest BCUT2D eigenvalue weighted by Crippen LogP contribution is 2.33. The number of carbonyl (C=O) groups is 3. The Hall–Kier alpha value is -3.78. The van der Waals surface area contributed by atoms with E-state index in [0.717, 1.165) is 40.6 Å². The number of hydrogen-bond donors (Lipinski definition) is 2. The van der Waals surface area contributed by atoms with Gasteiger partial charge in [0.2, 0.25) is 5.91 Å². The third kappa shape index (κ3) is 6.33. The van der Waals surface area contributed by atoms with Crippen LogP contribution in [-0.2, 0) is 16.1 Å². The second-order valence-electron chi connectivity index (χ2n) is 11.1. The molecule has 1 saturated heterocycles. The molecule has 2 N–H and O–H groups in total. The molecular formula is C32H38N4O4. The summed E-state index contributed by atoms with van der Waals surface area (Å²) in [5.74, 6) is -1.06. The number of aliphatic carboxylic acids is 1. The molecule has 1 saturated carbocycles. The van der Waals surface area contributed by atoms with Crippen LogP contribution in [0.25, 0.3) is 22.2 Å². The molecule has 2 heterocycles. The molecule has 2 amide bonds. The van der Waals surface area contributed by atoms with Crippen LogP contribution in [0.3, 0.4) is 0 Å². The van der Waals surface area contributed by atoms with Crippen molar-refractivity contribution in [2.24, 2.45) is 5.92 Å². The predicted molar refractivity (Wildman–Crippen MR) is 155 cm³/mol. The van der Waals surface area contributed by atoms with Crippen LogP contribution in [0.4, 0.5) is 0 Å². The molecule has 8 heteroatoms. The van der Waals surface area contributed by atoms with Crippen molar-refractivity contribution in [2.45, 2.75) is 58.0 Å². The number of carboxylic acid groups (broad SMARTS) is 1. The maximum atomic E-state index is 14.1. The van der Waals surface area contributed by atoms with Crippen molar-refractivity contribution in [3.05, 3.63) is 65.7 Å². The van der Waals surface area contributed by atoms with Gasteiger partial charge >= 0.3 is 5.97 Å². The fourth-order valence-corrected chi connectivity index (χ4v) is 6.15. The second-order valence-corrected chi connectivity index (χ2v) is 11.1. The molecule has 0 radical (unpaired) electrons. The number of fused-ring (bicyclic) bond motifs is 1. The van der Waals surface area contributed by atoms with Crippen LogP contribution in [0.2, 0.25) is 0 Å². The molecule has 2 aliphatic rings. The van der Waals surface area contributed by atoms with Gasteiger partial charge in [-0.2, -0.15) is 0 Å². The number of nitrogens with one attached hydrogen (secondary N) is 1. The van der Waals surface area contributed by atoms with Crippen molar-refractivity contribution in [2.75, 3.05) is 26.2 Å². The van der Waals surface area contributed by atoms with E-state index in [1.54, 1.807) is 4.90 Å². The Morgan fingerprint density at radius 1 is 0.950 bits per heavy atom. The molecule has 1 atom stereocenters. The molecule has 0 bridgehead atoms. The quantitative estimate of drug-likeness (QED) is 0.400. The van der Waals surface area contributed by atoms with Gasteiger partial charge in [-0.25, -0.2) is 4.98 Å². The number of benzene rings is 2. The molecule has 0 unspecified atom stereocenters. The molecule has 2 fully saturated rings. The van der Waals surface area contributed by atoms with Gasteiger partial charge in [0.05, 0.1) is 16.8 Å². The van der Waals surface area contributed by atoms with Crippen LogP contribution in [-0.4, -0.2) is 69.9 Å². The molecule has 40 heavy (non-hydrogen) atoms. The number of piperazine rings is 1. The monoisotopic (exact) mass is 542 g/mol. The number of hydrogen-bond acceptors (Lipinski definition) is 5. The third-order valence-electron chi connectivity index (χ3n) is 8.39. The largest absolute Gasteiger partial charge is 0.481 e. The summed E-state index contributed by atoms with van der Waals surface area (Å²) in [5, 5.41) is 13.2. The number of pyridine rings is 1. The van der Waals surface area contributed by atoms with Crippen molar-refractivity contribution in [3.8, 4) is 11.3 Å². The lowest BCUT2D eigenvalue weighted by atomic mass is 9.84. The summed E-state index contributed by atoms with van der Waals surface area (Å²) in [5.41, 5.74) is 4.07. The standard InChI is InChI=1S/C32H38N4O4/c1-22(23-10-4-2-5-11-23)33-32(40)30-25-14-8-9-15-27(25)34-31(24-12-6-3-7-13-24)26(30)21-35-16-18-36(19-17-35)28(37)20-29(38)39/h3,6-9,12-15,22-23H,2,4-5,10-11,16-21H2,1H3,(H,33,40)(H,38,39)/t22-/m0/s1. The van der Waals surface area contributed by atoms with Gasteiger partial charge in [0.25, 0.3) is 5.91 Å². The normalized spacial score (nSPS) is 17.5. The highest BCUT2D eigenvalue weighted by Gasteiger charge is 2.29. The zero-order chi connectivity index (χ0) is 28.1. The first-order valence-electron chi connectivity index (χ1n) is 14.4. The van der Waals surface area contributed by atoms with Gasteiger partial charge < -0.3 is 15.3 Å². The number of carbonyl (C=O) groups excluding carboxylic acids is 2. The van der Waals surface area contributed by atoms with Crippen LogP contribution in [0.1, 0.15) is 61.4 Å². The number of aromatic nitrogens is 1. The zero-order valence-corrected chi connectivity index (χ0v) is 23.1. The molecule has 1 aliphatic heterocycles. The average Bonchev–Trinajstić information content (AvgIpc) is 2.97. The Labute approximate surface area is 235 Å². The molecular weight excluding hydrogens is 504 g/mol. The van der Waals surface area contributed by atoms with Crippen LogP contribution < -0.4 is 5.32 Å². The maximum Gasteiger partial charge on any atom is 0.312 e. The number of para-hydroxylation sites is 1. The molecule has 210 valence electrons. The van der Waals surface area contributed by atoms with E-state index in [2.05, 4.69) is 17.1 Å². The lowest BCUT2D eigenvalue weighted by molar-refractivity contribution is -0.145. The maximum absolute atomic E-state index is 14.1. The van der Waals surface area contributed by atoms with Crippen molar-refractivity contribution < 1.29 is 19.5 Å². The lowest BCUT2D eigenvalue weighted by Crippen LogP contribution is -2.49. The second kappa shape index (κ2) is 12.6. The minimum Gasteiger partial charge on any atom is -0.481 e. The van der Waals surface area contributed by atoms with Crippen LogP contribution in [0.5, 0.6) is 0 Å². The molecule has 8 nitrogen and oxygen atoms in total. The van der Waals surface area contributed by atoms with E-state index in [-0.39, 0.29) is 17.9 Å². The van der Waals surface area contributed by atoms with Crippen LogP contribution in [0.15, 0.2) is 54.6 Å². The molecule has 2 aromatic carbocycles. The van der Waals surface area contributed by atoms with E-state index in [1.807, 2.05) is 54.6 Å². The highest BCUT2D eigenvalue weighted by atomic mass is 16.4. The minimum absolute atomic E-state index is 0.0703. The van der Waals surface area contributed by atoms with Gasteiger partial charge in [0.15, 0.2) is 0 Å². The summed E-state index contributed by atoms with van der Waals surface area (Å²) in [6, 6.07) is 17.9. The molecule has 3 aromatic rings. The first-order chi connectivity index (χ1) is 19.4. The summed E-state index contributed by atoms with van der Waals surface area (Å²) >= 11 is 0. The van der Waals surface area contributed by atoms with Crippen LogP contribution in [0, 0.1) is 5.92 Å². The summed E-state index contributed by atoms with van der Waals surface area (Å²) in [6.07, 6.45) is 5.50. The summed E-state index contributed by atoms with van der Waals surface area (Å²) in [6.45, 7) is 4.71. The smallest absolute Gasteiger partial charge is 0.312 e. The van der Waals surface area contributed by atoms with E-state index < -0.39 is 12.4 Å². The van der Waals surface area contributed by atoms with Crippen molar-refractivity contribution >= 4 is 28.7 Å². The van der Waals surface area contributed by atoms with Gasteiger partial charge in [0.1, 0.15) is 6.42 Å². The van der Waals surface area contributed by atoms with Gasteiger partial charge in [-0.1, -0.05) is 67.8 Å². The highest BCUT2D eigenvalue weighted by molar-refractivity contribution is 6.09. The predicted octanol–water partition coefficient (Wildman–Crippen LogP) is 4.72. The SMILES string of the molecule is C[C@H](NC(=O)c1c(CN2CCN(C(=O)CC(=O)O)CC2)c(-c2ccccc2)nc2ccccc12)C1CCCCC1. The lowest BCUT2D eigenvalue weighted by Gasteiger charge is -2.35. The van der Waals surface area contributed by atoms with Crippen LogP contribution >= 0.6 is 0 Å². The zero-order valence-electron chi connectivity index (χ0n) is 23.1. The molecule has 1 aromatic heterocycles. The van der Waals surface area contributed by atoms with E-state index in [1.165, 1.54) is 19.3 Å². The summed E-state index contributed by atoms with van der Waals surface area (Å²) in [4.78, 5) is 46.3. The van der Waals surface area contributed by atoms with Crippen molar-refractivity contribution in [3.63, 3.8) is 0 Å². The summed E-state index contributed by atoms with van der Waals surface area (Å²) < 4.78 is 0. The Kier molecular flexibility index (Phi) is 8.75. The van der Waals surface area contributed by atoms with Gasteiger partial charge in [0, 0.05) is 55.3 Å². The van der Waals surface area contributed by atoms with E-state index in [9.17, 15) is 14.4 Å². The van der Waals surface area contributed by atoms with Crippen molar-refractivity contribution in [1.29, 1.82) is 0 Å². The average molecular weight is 543 g/mol. The van der Waals surface area contributed by atoms with E-state index in [0.29, 0.717) is 44.2 Å². The third-order valence-corrected chi connectivity index (χ3v) is 8.39. The van der Waals surface area contributed by atoms with Crippen molar-refractivity contribution in [1.82, 2.24) is 20.1 Å². The Balaban J connectivity index is 1.49. The van der Waals surface area contributed by atoms with E-state index in [4.69, 9.17) is 10.1 Å². The number of rotatable bonds is 8. The number of nitrogens with zero attached hydrogens (tertiary/aromatic N) is 3. The fraction of sp³-hybridized carbons (Fsp3) is 0.438. The van der Waals surface area contributed by atoms with Gasteiger partial charge in [-0.05, 0) is 31.7 Å². The minimum atomic E-state index is -1.11. The summed E-state index contributed by atoms with van der Waals surface area (Å²) in [7, 11) is 0. The first-order valence-corrected chi connectivity index (χ1v) is 14.4. The first kappa shape index (κ1) is 27.8. The topological polar surface area (TPSA) is 103 Å². The van der Waals surface area contributed by atoms with E-state index >= 15 is 0 Å². The fourth-order valence-electron chi connectivity index (χ4n) is 6.15. The molecule has 0 spiro atoms. The number of carboxylic acids is 1.